The standard InChI is InChI=1S/C36H52N2O6/c1-3-5-7-9-11-13-15-25-41-31-21-17-29(18-22-31)35-37-44-36(28-33(27-34(39)40)43-38(35)36)30-19-23-32(24-20-30)42-26-16-14-12-10-8-6-4-2/h17-24,33H,3-16,25-28H2,1-2H3,(H,39,40). The average Bonchev–Trinajstić information content (AvgIpc) is 3.56. The van der Waals surface area contributed by atoms with E-state index in [0.717, 1.165) is 35.5 Å². The van der Waals surface area contributed by atoms with Crippen molar-refractivity contribution < 1.29 is 29.0 Å². The van der Waals surface area contributed by atoms with Crippen LogP contribution in [0.25, 0.3) is 0 Å². The van der Waals surface area contributed by atoms with E-state index >= 15 is 0 Å². The molecule has 1 N–H and O–H groups in total. The third-order valence-electron chi connectivity index (χ3n) is 8.42. The molecule has 0 aliphatic carbocycles. The number of hydrogen-bond donors (Lipinski definition) is 1. The highest BCUT2D eigenvalue weighted by Gasteiger charge is 2.57. The number of nitrogens with zero attached hydrogens (tertiary/aromatic N) is 2. The highest BCUT2D eigenvalue weighted by molar-refractivity contribution is 5.99. The van der Waals surface area contributed by atoms with Gasteiger partial charge in [-0.1, -0.05) is 96.1 Å². The molecule has 0 amide bonds. The Balaban J connectivity index is 1.32. The van der Waals surface area contributed by atoms with E-state index in [4.69, 9.17) is 19.1 Å². The summed E-state index contributed by atoms with van der Waals surface area (Å²) in [5, 5.41) is 15.5. The number of unbranched alkanes of at least 4 members (excludes halogenated alkanes) is 12. The summed E-state index contributed by atoms with van der Waals surface area (Å²) in [6, 6.07) is 15.5. The van der Waals surface area contributed by atoms with Crippen LogP contribution in [-0.2, 0) is 20.2 Å². The maximum atomic E-state index is 11.5. The van der Waals surface area contributed by atoms with Gasteiger partial charge in [0.15, 0.2) is 0 Å². The number of oxime groups is 1. The molecule has 0 aromatic heterocycles. The van der Waals surface area contributed by atoms with Crippen molar-refractivity contribution in [3.8, 4) is 11.5 Å². The molecule has 8 heteroatoms. The van der Waals surface area contributed by atoms with Gasteiger partial charge in [0.2, 0.25) is 5.84 Å². The first kappa shape index (κ1) is 33.6. The first-order valence-electron chi connectivity index (χ1n) is 17.0. The van der Waals surface area contributed by atoms with Crippen LogP contribution in [0.1, 0.15) is 128 Å². The number of carboxylic acid groups (broad SMARTS) is 1. The maximum absolute atomic E-state index is 11.5. The number of benzene rings is 2. The third kappa shape index (κ3) is 9.62. The molecule has 2 aromatic rings. The van der Waals surface area contributed by atoms with E-state index in [0.29, 0.717) is 25.5 Å². The fourth-order valence-corrected chi connectivity index (χ4v) is 5.89. The van der Waals surface area contributed by atoms with Crippen LogP contribution in [0.15, 0.2) is 53.7 Å². The molecule has 0 radical (unpaired) electrons. The van der Waals surface area contributed by atoms with Crippen LogP contribution >= 0.6 is 0 Å². The summed E-state index contributed by atoms with van der Waals surface area (Å²) in [6.07, 6.45) is 17.1. The fraction of sp³-hybridized carbons (Fsp3) is 0.611. The van der Waals surface area contributed by atoms with Crippen LogP contribution in [0.3, 0.4) is 0 Å². The lowest BCUT2D eigenvalue weighted by Gasteiger charge is -2.28. The van der Waals surface area contributed by atoms with Crippen LogP contribution in [0.4, 0.5) is 0 Å². The molecule has 2 aliphatic rings. The topological polar surface area (TPSA) is 89.8 Å². The lowest BCUT2D eigenvalue weighted by molar-refractivity contribution is -0.200. The van der Waals surface area contributed by atoms with Crippen molar-refractivity contribution in [1.82, 2.24) is 5.06 Å². The summed E-state index contributed by atoms with van der Waals surface area (Å²) in [5.74, 6) is 1.20. The zero-order valence-electron chi connectivity index (χ0n) is 26.8. The largest absolute Gasteiger partial charge is 0.494 e. The highest BCUT2D eigenvalue weighted by Crippen LogP contribution is 2.47. The van der Waals surface area contributed by atoms with E-state index in [-0.39, 0.29) is 6.42 Å². The average molecular weight is 609 g/mol. The van der Waals surface area contributed by atoms with E-state index in [1.165, 1.54) is 77.0 Å². The van der Waals surface area contributed by atoms with E-state index in [9.17, 15) is 9.90 Å². The Kier molecular flexibility index (Phi) is 13.7. The van der Waals surface area contributed by atoms with E-state index < -0.39 is 17.8 Å². The predicted molar refractivity (Wildman–Crippen MR) is 173 cm³/mol. The summed E-state index contributed by atoms with van der Waals surface area (Å²) in [5.41, 5.74) is 0.599. The SMILES string of the molecule is CCCCCCCCCOc1ccc(C2=NOC3(c4ccc(OCCCCCCCCC)cc4)CC(CC(=O)O)ON23)cc1. The summed E-state index contributed by atoms with van der Waals surface area (Å²) >= 11 is 0. The Bertz CT molecular complexity index is 1150. The minimum atomic E-state index is -1.04. The molecule has 0 saturated carbocycles. The highest BCUT2D eigenvalue weighted by atomic mass is 16.8. The van der Waals surface area contributed by atoms with Crippen molar-refractivity contribution in [3.05, 3.63) is 59.7 Å². The molecule has 8 nitrogen and oxygen atoms in total. The molecule has 242 valence electrons. The Morgan fingerprint density at radius 3 is 1.82 bits per heavy atom. The number of ether oxygens (including phenoxy) is 2. The summed E-state index contributed by atoms with van der Waals surface area (Å²) in [6.45, 7) is 5.87. The van der Waals surface area contributed by atoms with E-state index in [1.54, 1.807) is 5.06 Å². The van der Waals surface area contributed by atoms with Gasteiger partial charge in [0, 0.05) is 17.5 Å². The van der Waals surface area contributed by atoms with Gasteiger partial charge in [-0.2, -0.15) is 5.06 Å². The molecule has 1 fully saturated rings. The molecule has 1 saturated heterocycles. The van der Waals surface area contributed by atoms with Crippen molar-refractivity contribution in [2.45, 2.75) is 128 Å². The quantitative estimate of drug-likeness (QED) is 0.133. The van der Waals surface area contributed by atoms with Gasteiger partial charge in [0.25, 0.3) is 5.72 Å². The van der Waals surface area contributed by atoms with Crippen LogP contribution in [0, 0.1) is 0 Å². The van der Waals surface area contributed by atoms with Gasteiger partial charge in [0.1, 0.15) is 17.6 Å². The Morgan fingerprint density at radius 2 is 1.30 bits per heavy atom. The summed E-state index contributed by atoms with van der Waals surface area (Å²) in [7, 11) is 0. The van der Waals surface area contributed by atoms with Gasteiger partial charge in [0.05, 0.1) is 19.6 Å². The molecule has 4 rings (SSSR count). The minimum absolute atomic E-state index is 0.125. The molecule has 2 unspecified atom stereocenters. The number of fused-ring (bicyclic) bond motifs is 1. The number of hydroxylamine groups is 2. The minimum Gasteiger partial charge on any atom is -0.494 e. The number of aliphatic carboxylic acids is 1. The first-order valence-corrected chi connectivity index (χ1v) is 17.0. The molecule has 2 heterocycles. The molecule has 0 bridgehead atoms. The van der Waals surface area contributed by atoms with Crippen LogP contribution in [0.5, 0.6) is 11.5 Å². The van der Waals surface area contributed by atoms with Crippen molar-refractivity contribution >= 4 is 11.8 Å². The number of rotatable bonds is 22. The van der Waals surface area contributed by atoms with Gasteiger partial charge in [-0.05, 0) is 61.4 Å². The second-order valence-corrected chi connectivity index (χ2v) is 12.1. The van der Waals surface area contributed by atoms with Gasteiger partial charge in [-0.15, -0.1) is 0 Å². The van der Waals surface area contributed by atoms with Gasteiger partial charge >= 0.3 is 5.97 Å². The van der Waals surface area contributed by atoms with Gasteiger partial charge < -0.3 is 19.4 Å². The third-order valence-corrected chi connectivity index (χ3v) is 8.42. The van der Waals surface area contributed by atoms with Gasteiger partial charge in [-0.25, -0.2) is 0 Å². The lowest BCUT2D eigenvalue weighted by atomic mass is 9.95. The number of hydrogen-bond acceptors (Lipinski definition) is 7. The molecular weight excluding hydrogens is 556 g/mol. The Morgan fingerprint density at radius 1 is 0.795 bits per heavy atom. The van der Waals surface area contributed by atoms with Crippen molar-refractivity contribution in [2.75, 3.05) is 13.2 Å². The normalized spacial score (nSPS) is 19.0. The first-order chi connectivity index (χ1) is 21.6. The van der Waals surface area contributed by atoms with Crippen molar-refractivity contribution in [1.29, 1.82) is 0 Å². The molecule has 44 heavy (non-hydrogen) atoms. The zero-order valence-corrected chi connectivity index (χ0v) is 26.8. The monoisotopic (exact) mass is 608 g/mol. The number of carboxylic acids is 1. The summed E-state index contributed by atoms with van der Waals surface area (Å²) < 4.78 is 12.0. The molecule has 2 atom stereocenters. The van der Waals surface area contributed by atoms with Crippen LogP contribution < -0.4 is 9.47 Å². The summed E-state index contributed by atoms with van der Waals surface area (Å²) in [4.78, 5) is 23.8. The molecule has 2 aliphatic heterocycles. The second-order valence-electron chi connectivity index (χ2n) is 12.1. The van der Waals surface area contributed by atoms with E-state index in [1.807, 2.05) is 48.5 Å². The Hall–Kier alpha value is -3.26. The zero-order chi connectivity index (χ0) is 31.0. The van der Waals surface area contributed by atoms with Gasteiger partial charge in [-0.3, -0.25) is 9.63 Å². The van der Waals surface area contributed by atoms with Crippen molar-refractivity contribution in [2.24, 2.45) is 5.16 Å². The van der Waals surface area contributed by atoms with Crippen LogP contribution in [0.2, 0.25) is 0 Å². The Labute approximate surface area is 263 Å². The predicted octanol–water partition coefficient (Wildman–Crippen LogP) is 8.97. The molecule has 2 aromatic carbocycles. The maximum Gasteiger partial charge on any atom is 0.306 e. The smallest absolute Gasteiger partial charge is 0.306 e. The lowest BCUT2D eigenvalue weighted by Crippen LogP contribution is -2.40. The molecular formula is C36H52N2O6. The molecule has 0 spiro atoms. The fourth-order valence-electron chi connectivity index (χ4n) is 5.89. The number of carbonyl (C=O) groups is 1. The van der Waals surface area contributed by atoms with Crippen LogP contribution in [-0.4, -0.2) is 41.3 Å². The van der Waals surface area contributed by atoms with Crippen molar-refractivity contribution in [3.63, 3.8) is 0 Å². The number of amidine groups is 1. The van der Waals surface area contributed by atoms with E-state index in [2.05, 4.69) is 19.0 Å². The second kappa shape index (κ2) is 17.9.